The molecule has 3 rings (SSSR count). The van der Waals surface area contributed by atoms with Gasteiger partial charge in [-0.25, -0.2) is 9.97 Å². The van der Waals surface area contributed by atoms with E-state index in [4.69, 9.17) is 0 Å². The first-order valence-corrected chi connectivity index (χ1v) is 7.92. The molecular formula is C16H18N6O3. The molecule has 1 fully saturated rings. The number of carbonyl (C=O) groups is 1. The standard InChI is InChI=1S/C16H18N6O3/c1-17-15-12(9-18-10-19-15)20-16(23)11-4-5-13(14(8-11)22(24)25)21-6-2-3-7-21/h4-5,8-10H,2-3,6-7H2,1H3,(H,20,23)(H,17,18,19). The highest BCUT2D eigenvalue weighted by Gasteiger charge is 2.24. The Morgan fingerprint density at radius 1 is 1.32 bits per heavy atom. The van der Waals surface area contributed by atoms with Crippen molar-refractivity contribution in [1.82, 2.24) is 9.97 Å². The van der Waals surface area contributed by atoms with E-state index in [0.29, 0.717) is 17.2 Å². The largest absolute Gasteiger partial charge is 0.371 e. The smallest absolute Gasteiger partial charge is 0.293 e. The first-order valence-electron chi connectivity index (χ1n) is 7.92. The molecule has 2 aromatic rings. The third-order valence-electron chi connectivity index (χ3n) is 4.08. The maximum absolute atomic E-state index is 12.5. The van der Waals surface area contributed by atoms with Crippen molar-refractivity contribution in [2.24, 2.45) is 0 Å². The zero-order chi connectivity index (χ0) is 17.8. The second kappa shape index (κ2) is 7.12. The summed E-state index contributed by atoms with van der Waals surface area (Å²) in [5.41, 5.74) is 1.10. The van der Waals surface area contributed by atoms with E-state index in [1.54, 1.807) is 19.2 Å². The monoisotopic (exact) mass is 342 g/mol. The number of rotatable bonds is 5. The van der Waals surface area contributed by atoms with Crippen LogP contribution in [0.25, 0.3) is 0 Å². The van der Waals surface area contributed by atoms with Crippen LogP contribution in [-0.2, 0) is 0 Å². The molecule has 0 unspecified atom stereocenters. The molecule has 9 nitrogen and oxygen atoms in total. The lowest BCUT2D eigenvalue weighted by Crippen LogP contribution is -2.20. The molecule has 1 aliphatic heterocycles. The summed E-state index contributed by atoms with van der Waals surface area (Å²) in [5.74, 6) is 0.00825. The second-order valence-corrected chi connectivity index (χ2v) is 5.64. The summed E-state index contributed by atoms with van der Waals surface area (Å²) < 4.78 is 0. The minimum atomic E-state index is -0.456. The van der Waals surface area contributed by atoms with Crippen LogP contribution in [0.5, 0.6) is 0 Å². The van der Waals surface area contributed by atoms with Gasteiger partial charge in [0.2, 0.25) is 0 Å². The van der Waals surface area contributed by atoms with Gasteiger partial charge in [0.15, 0.2) is 5.82 Å². The number of amides is 1. The van der Waals surface area contributed by atoms with E-state index < -0.39 is 10.8 Å². The number of nitro groups is 1. The highest BCUT2D eigenvalue weighted by Crippen LogP contribution is 2.32. The second-order valence-electron chi connectivity index (χ2n) is 5.64. The van der Waals surface area contributed by atoms with Crippen molar-refractivity contribution in [3.8, 4) is 0 Å². The predicted octanol–water partition coefficient (Wildman–Crippen LogP) is 2.28. The van der Waals surface area contributed by atoms with Gasteiger partial charge < -0.3 is 15.5 Å². The molecule has 0 radical (unpaired) electrons. The Bertz CT molecular complexity index is 804. The number of nitrogens with one attached hydrogen (secondary N) is 2. The zero-order valence-corrected chi connectivity index (χ0v) is 13.7. The van der Waals surface area contributed by atoms with Crippen LogP contribution in [0.15, 0.2) is 30.7 Å². The highest BCUT2D eigenvalue weighted by atomic mass is 16.6. The molecule has 0 spiro atoms. The highest BCUT2D eigenvalue weighted by molar-refractivity contribution is 6.06. The van der Waals surface area contributed by atoms with Gasteiger partial charge in [-0.1, -0.05) is 0 Å². The van der Waals surface area contributed by atoms with Crippen molar-refractivity contribution in [3.05, 3.63) is 46.4 Å². The molecule has 1 aromatic heterocycles. The lowest BCUT2D eigenvalue weighted by Gasteiger charge is -2.18. The van der Waals surface area contributed by atoms with Crippen molar-refractivity contribution in [2.75, 3.05) is 35.7 Å². The summed E-state index contributed by atoms with van der Waals surface area (Å²) in [6, 6.07) is 4.55. The molecule has 9 heteroatoms. The van der Waals surface area contributed by atoms with Crippen LogP contribution in [0.4, 0.5) is 22.9 Å². The summed E-state index contributed by atoms with van der Waals surface area (Å²) in [4.78, 5) is 33.3. The van der Waals surface area contributed by atoms with Crippen molar-refractivity contribution in [1.29, 1.82) is 0 Å². The van der Waals surface area contributed by atoms with Gasteiger partial charge in [0.05, 0.1) is 11.1 Å². The summed E-state index contributed by atoms with van der Waals surface area (Å²) in [7, 11) is 1.67. The Labute approximate surface area is 144 Å². The molecule has 0 saturated carbocycles. The number of anilines is 3. The van der Waals surface area contributed by atoms with E-state index in [2.05, 4.69) is 20.6 Å². The lowest BCUT2D eigenvalue weighted by atomic mass is 10.1. The lowest BCUT2D eigenvalue weighted by molar-refractivity contribution is -0.384. The summed E-state index contributed by atoms with van der Waals surface area (Å²) in [6.45, 7) is 1.58. The fourth-order valence-corrected chi connectivity index (χ4v) is 2.85. The van der Waals surface area contributed by atoms with Crippen LogP contribution in [0, 0.1) is 10.1 Å². The number of benzene rings is 1. The Morgan fingerprint density at radius 2 is 2.08 bits per heavy atom. The van der Waals surface area contributed by atoms with Gasteiger partial charge in [0, 0.05) is 31.8 Å². The maximum Gasteiger partial charge on any atom is 0.293 e. The number of hydrogen-bond acceptors (Lipinski definition) is 7. The number of nitro benzene ring substituents is 1. The van der Waals surface area contributed by atoms with Gasteiger partial charge in [-0.05, 0) is 25.0 Å². The summed E-state index contributed by atoms with van der Waals surface area (Å²) >= 11 is 0. The van der Waals surface area contributed by atoms with Crippen molar-refractivity contribution >= 4 is 28.8 Å². The van der Waals surface area contributed by atoms with Crippen LogP contribution >= 0.6 is 0 Å². The van der Waals surface area contributed by atoms with E-state index in [1.807, 2.05) is 4.90 Å². The quantitative estimate of drug-likeness (QED) is 0.633. The topological polar surface area (TPSA) is 113 Å². The van der Waals surface area contributed by atoms with E-state index in [1.165, 1.54) is 18.6 Å². The molecule has 130 valence electrons. The van der Waals surface area contributed by atoms with Gasteiger partial charge >= 0.3 is 0 Å². The van der Waals surface area contributed by atoms with E-state index in [9.17, 15) is 14.9 Å². The Kier molecular flexibility index (Phi) is 4.73. The first-order chi connectivity index (χ1) is 12.1. The van der Waals surface area contributed by atoms with Gasteiger partial charge in [0.25, 0.3) is 11.6 Å². The molecule has 2 heterocycles. The van der Waals surface area contributed by atoms with Gasteiger partial charge in [-0.3, -0.25) is 14.9 Å². The Morgan fingerprint density at radius 3 is 2.76 bits per heavy atom. The van der Waals surface area contributed by atoms with Crippen LogP contribution in [0.3, 0.4) is 0 Å². The van der Waals surface area contributed by atoms with Crippen molar-refractivity contribution in [3.63, 3.8) is 0 Å². The van der Waals surface area contributed by atoms with Crippen molar-refractivity contribution < 1.29 is 9.72 Å². The number of nitrogens with zero attached hydrogens (tertiary/aromatic N) is 4. The zero-order valence-electron chi connectivity index (χ0n) is 13.7. The Hall–Kier alpha value is -3.23. The SMILES string of the molecule is CNc1ncncc1NC(=O)c1ccc(N2CCCC2)c([N+](=O)[O-])c1. The minimum Gasteiger partial charge on any atom is -0.371 e. The molecule has 0 bridgehead atoms. The van der Waals surface area contributed by atoms with Crippen molar-refractivity contribution in [2.45, 2.75) is 12.8 Å². The molecule has 1 amide bonds. The molecule has 0 aliphatic carbocycles. The van der Waals surface area contributed by atoms with Gasteiger partial charge in [-0.2, -0.15) is 0 Å². The van der Waals surface area contributed by atoms with Crippen LogP contribution in [0.2, 0.25) is 0 Å². The first kappa shape index (κ1) is 16.6. The number of aromatic nitrogens is 2. The molecular weight excluding hydrogens is 324 g/mol. The predicted molar refractivity (Wildman–Crippen MR) is 94.1 cm³/mol. The Balaban J connectivity index is 1.88. The fourth-order valence-electron chi connectivity index (χ4n) is 2.85. The number of hydrogen-bond donors (Lipinski definition) is 2. The third-order valence-corrected chi connectivity index (χ3v) is 4.08. The van der Waals surface area contributed by atoms with E-state index in [0.717, 1.165) is 25.9 Å². The van der Waals surface area contributed by atoms with Gasteiger partial charge in [-0.15, -0.1) is 0 Å². The third kappa shape index (κ3) is 3.49. The molecule has 1 saturated heterocycles. The van der Waals surface area contributed by atoms with E-state index in [-0.39, 0.29) is 11.3 Å². The number of carbonyl (C=O) groups excluding carboxylic acids is 1. The van der Waals surface area contributed by atoms with Crippen LogP contribution in [0.1, 0.15) is 23.2 Å². The molecule has 1 aromatic carbocycles. The van der Waals surface area contributed by atoms with Crippen LogP contribution < -0.4 is 15.5 Å². The normalized spacial score (nSPS) is 13.6. The minimum absolute atomic E-state index is 0.0623. The molecule has 2 N–H and O–H groups in total. The molecule has 25 heavy (non-hydrogen) atoms. The summed E-state index contributed by atoms with van der Waals surface area (Å²) in [6.07, 6.45) is 4.85. The average molecular weight is 342 g/mol. The molecule has 1 aliphatic rings. The maximum atomic E-state index is 12.5. The fraction of sp³-hybridized carbons (Fsp3) is 0.312. The summed E-state index contributed by atoms with van der Waals surface area (Å²) in [5, 5.41) is 16.9. The molecule has 0 atom stereocenters. The van der Waals surface area contributed by atoms with E-state index >= 15 is 0 Å². The average Bonchev–Trinajstić information content (AvgIpc) is 3.16. The van der Waals surface area contributed by atoms with Gasteiger partial charge in [0.1, 0.15) is 17.7 Å². The van der Waals surface area contributed by atoms with Crippen LogP contribution in [-0.4, -0.2) is 40.9 Å².